The molecule has 1 saturated heterocycles. The molecule has 1 unspecified atom stereocenters. The zero-order valence-corrected chi connectivity index (χ0v) is 9.83. The Balaban J connectivity index is 2.47. The minimum atomic E-state index is -1.58. The molecule has 1 aliphatic heterocycles. The second-order valence-corrected chi connectivity index (χ2v) is 3.62. The van der Waals surface area contributed by atoms with Gasteiger partial charge in [-0.05, 0) is 0 Å². The Morgan fingerprint density at radius 1 is 1.28 bits per heavy atom. The zero-order chi connectivity index (χ0) is 13.5. The molecule has 1 rings (SSSR count). The van der Waals surface area contributed by atoms with Gasteiger partial charge in [-0.3, -0.25) is 9.59 Å². The molecule has 1 fully saturated rings. The van der Waals surface area contributed by atoms with Crippen molar-refractivity contribution in [2.45, 2.75) is 19.1 Å². The Bertz CT molecular complexity index is 316. The highest BCUT2D eigenvalue weighted by Gasteiger charge is 2.39. The van der Waals surface area contributed by atoms with Crippen molar-refractivity contribution in [2.24, 2.45) is 5.73 Å². The second-order valence-electron chi connectivity index (χ2n) is 3.62. The first-order valence-electron chi connectivity index (χ1n) is 5.55. The van der Waals surface area contributed by atoms with Crippen LogP contribution < -0.4 is 5.73 Å². The summed E-state index contributed by atoms with van der Waals surface area (Å²) >= 11 is 0. The van der Waals surface area contributed by atoms with E-state index in [9.17, 15) is 14.4 Å². The number of hydrogen-bond donors (Lipinski definition) is 2. The lowest BCUT2D eigenvalue weighted by Crippen LogP contribution is -2.46. The summed E-state index contributed by atoms with van der Waals surface area (Å²) in [5.41, 5.74) is 5.20. The summed E-state index contributed by atoms with van der Waals surface area (Å²) in [6, 6.07) is 0. The van der Waals surface area contributed by atoms with Crippen LogP contribution in [-0.2, 0) is 23.9 Å². The van der Waals surface area contributed by atoms with E-state index < -0.39 is 24.0 Å². The number of aliphatic carboxylic acids is 1. The lowest BCUT2D eigenvalue weighted by molar-refractivity contribution is -0.175. The van der Waals surface area contributed by atoms with E-state index in [-0.39, 0.29) is 26.1 Å². The van der Waals surface area contributed by atoms with Crippen LogP contribution in [0.3, 0.4) is 0 Å². The van der Waals surface area contributed by atoms with E-state index in [1.807, 2.05) is 0 Å². The van der Waals surface area contributed by atoms with Crippen LogP contribution in [0.15, 0.2) is 0 Å². The summed E-state index contributed by atoms with van der Waals surface area (Å²) in [7, 11) is 0. The van der Waals surface area contributed by atoms with E-state index in [0.717, 1.165) is 0 Å². The standard InChI is InChI=1S/C10H16N2O6/c11-3-4-17-5-6-18-9(10(15)16)12-7(13)1-2-8(12)14/h9H,1-6,11H2,(H,15,16). The quantitative estimate of drug-likeness (QED) is 0.404. The van der Waals surface area contributed by atoms with Crippen molar-refractivity contribution < 1.29 is 29.0 Å². The maximum atomic E-state index is 11.4. The van der Waals surface area contributed by atoms with Crippen LogP contribution in [-0.4, -0.2) is 60.4 Å². The van der Waals surface area contributed by atoms with E-state index in [2.05, 4.69) is 0 Å². The number of ether oxygens (including phenoxy) is 2. The Hall–Kier alpha value is -1.51. The van der Waals surface area contributed by atoms with Crippen molar-refractivity contribution in [1.29, 1.82) is 0 Å². The zero-order valence-electron chi connectivity index (χ0n) is 9.83. The topological polar surface area (TPSA) is 119 Å². The molecule has 1 atom stereocenters. The third-order valence-corrected chi connectivity index (χ3v) is 2.30. The molecule has 2 amide bonds. The lowest BCUT2D eigenvalue weighted by Gasteiger charge is -2.22. The largest absolute Gasteiger partial charge is 0.478 e. The van der Waals surface area contributed by atoms with Gasteiger partial charge in [-0.25, -0.2) is 9.69 Å². The summed E-state index contributed by atoms with van der Waals surface area (Å²) in [5, 5.41) is 8.94. The number of amides is 2. The number of carboxylic acid groups (broad SMARTS) is 1. The van der Waals surface area contributed by atoms with E-state index >= 15 is 0 Å². The summed E-state index contributed by atoms with van der Waals surface area (Å²) in [5.74, 6) is -2.44. The van der Waals surface area contributed by atoms with Gasteiger partial charge >= 0.3 is 5.97 Å². The van der Waals surface area contributed by atoms with Gasteiger partial charge in [-0.1, -0.05) is 0 Å². The van der Waals surface area contributed by atoms with Gasteiger partial charge in [0.2, 0.25) is 18.0 Å². The molecule has 1 heterocycles. The molecule has 1 aliphatic rings. The first kappa shape index (κ1) is 14.6. The third kappa shape index (κ3) is 3.76. The summed E-state index contributed by atoms with van der Waals surface area (Å²) in [6.45, 7) is 0.805. The smallest absolute Gasteiger partial charge is 0.354 e. The van der Waals surface area contributed by atoms with Crippen molar-refractivity contribution in [3.63, 3.8) is 0 Å². The second kappa shape index (κ2) is 7.04. The summed E-state index contributed by atoms with van der Waals surface area (Å²) < 4.78 is 9.99. The van der Waals surface area contributed by atoms with Crippen LogP contribution in [0.1, 0.15) is 12.8 Å². The SMILES string of the molecule is NCCOCCOC(C(=O)O)N1C(=O)CCC1=O. The van der Waals surface area contributed by atoms with Crippen molar-refractivity contribution in [1.82, 2.24) is 4.90 Å². The van der Waals surface area contributed by atoms with E-state index in [1.54, 1.807) is 0 Å². The first-order chi connectivity index (χ1) is 8.57. The van der Waals surface area contributed by atoms with Crippen molar-refractivity contribution >= 4 is 17.8 Å². The summed E-state index contributed by atoms with van der Waals surface area (Å²) in [4.78, 5) is 34.4. The van der Waals surface area contributed by atoms with E-state index in [1.165, 1.54) is 0 Å². The molecule has 0 spiro atoms. The van der Waals surface area contributed by atoms with Crippen LogP contribution in [0.25, 0.3) is 0 Å². The predicted octanol–water partition coefficient (Wildman–Crippen LogP) is -1.46. The fourth-order valence-corrected chi connectivity index (χ4v) is 1.52. The number of hydrogen-bond acceptors (Lipinski definition) is 6. The molecule has 0 bridgehead atoms. The van der Waals surface area contributed by atoms with Crippen LogP contribution in [0.2, 0.25) is 0 Å². The van der Waals surface area contributed by atoms with Gasteiger partial charge in [-0.2, -0.15) is 0 Å². The van der Waals surface area contributed by atoms with Crippen LogP contribution in [0.4, 0.5) is 0 Å². The number of nitrogens with zero attached hydrogens (tertiary/aromatic N) is 1. The molecule has 0 aromatic heterocycles. The molecule has 0 radical (unpaired) electrons. The normalized spacial score (nSPS) is 17.3. The third-order valence-electron chi connectivity index (χ3n) is 2.30. The fourth-order valence-electron chi connectivity index (χ4n) is 1.52. The molecule has 3 N–H and O–H groups in total. The average molecular weight is 260 g/mol. The Kier molecular flexibility index (Phi) is 5.69. The highest BCUT2D eigenvalue weighted by atomic mass is 16.6. The molecule has 8 heteroatoms. The minimum Gasteiger partial charge on any atom is -0.478 e. The molecule has 0 aromatic rings. The van der Waals surface area contributed by atoms with Crippen LogP contribution in [0.5, 0.6) is 0 Å². The average Bonchev–Trinajstić information content (AvgIpc) is 2.64. The van der Waals surface area contributed by atoms with E-state index in [0.29, 0.717) is 18.1 Å². The number of nitrogens with two attached hydrogens (primary N) is 1. The predicted molar refractivity (Wildman–Crippen MR) is 58.3 cm³/mol. The maximum Gasteiger partial charge on any atom is 0.354 e. The maximum absolute atomic E-state index is 11.4. The van der Waals surface area contributed by atoms with Gasteiger partial charge in [0, 0.05) is 19.4 Å². The number of imide groups is 1. The van der Waals surface area contributed by atoms with Gasteiger partial charge in [0.05, 0.1) is 19.8 Å². The first-order valence-corrected chi connectivity index (χ1v) is 5.55. The molecular weight excluding hydrogens is 244 g/mol. The number of carboxylic acids is 1. The molecule has 0 aliphatic carbocycles. The highest BCUT2D eigenvalue weighted by molar-refractivity contribution is 6.04. The molecule has 0 aromatic carbocycles. The van der Waals surface area contributed by atoms with Crippen molar-refractivity contribution in [3.05, 3.63) is 0 Å². The molecule has 8 nitrogen and oxygen atoms in total. The molecular formula is C10H16N2O6. The minimum absolute atomic E-state index is 0.0235. The van der Waals surface area contributed by atoms with Gasteiger partial charge < -0.3 is 20.3 Å². The van der Waals surface area contributed by atoms with Crippen LogP contribution >= 0.6 is 0 Å². The van der Waals surface area contributed by atoms with Crippen molar-refractivity contribution in [2.75, 3.05) is 26.4 Å². The monoisotopic (exact) mass is 260 g/mol. The Labute approximate surface area is 104 Å². The summed E-state index contributed by atoms with van der Waals surface area (Å²) in [6.07, 6.45) is -1.53. The van der Waals surface area contributed by atoms with Crippen LogP contribution in [0, 0.1) is 0 Å². The fraction of sp³-hybridized carbons (Fsp3) is 0.700. The van der Waals surface area contributed by atoms with Gasteiger partial charge in [-0.15, -0.1) is 0 Å². The number of carbonyl (C=O) groups excluding carboxylic acids is 2. The number of likely N-dealkylation sites (tertiary alicyclic amines) is 1. The number of carbonyl (C=O) groups is 3. The molecule has 102 valence electrons. The van der Waals surface area contributed by atoms with Gasteiger partial charge in [0.15, 0.2) is 0 Å². The Morgan fingerprint density at radius 2 is 1.89 bits per heavy atom. The molecule has 18 heavy (non-hydrogen) atoms. The Morgan fingerprint density at radius 3 is 2.39 bits per heavy atom. The lowest BCUT2D eigenvalue weighted by atomic mass is 10.4. The van der Waals surface area contributed by atoms with Crippen molar-refractivity contribution in [3.8, 4) is 0 Å². The van der Waals surface area contributed by atoms with Gasteiger partial charge in [0.25, 0.3) is 0 Å². The number of rotatable bonds is 8. The molecule has 0 saturated carbocycles. The highest BCUT2D eigenvalue weighted by Crippen LogP contribution is 2.16. The van der Waals surface area contributed by atoms with Gasteiger partial charge in [0.1, 0.15) is 0 Å². The van der Waals surface area contributed by atoms with E-state index in [4.69, 9.17) is 20.3 Å².